The summed E-state index contributed by atoms with van der Waals surface area (Å²) in [6, 6.07) is 0. The number of rotatable bonds is 2. The maximum atomic E-state index is 11.4. The number of carbonyl (C=O) groups excluding carboxylic acids is 1. The predicted octanol–water partition coefficient (Wildman–Crippen LogP) is -0.155. The Balaban J connectivity index is 2.17. The van der Waals surface area contributed by atoms with Crippen molar-refractivity contribution in [3.63, 3.8) is 0 Å². The molecule has 1 aromatic rings. The average molecular weight is 221 g/mol. The van der Waals surface area contributed by atoms with Crippen molar-refractivity contribution < 1.29 is 4.79 Å². The van der Waals surface area contributed by atoms with Gasteiger partial charge < -0.3 is 15.5 Å². The number of carbonyl (C=O) groups is 1. The minimum absolute atomic E-state index is 0.0363. The SMILES string of the molecule is CNc1cncc(N2CCCNC(=O)C2)n1. The van der Waals surface area contributed by atoms with E-state index >= 15 is 0 Å². The first kappa shape index (κ1) is 10.7. The van der Waals surface area contributed by atoms with Crippen LogP contribution in [0.4, 0.5) is 11.6 Å². The molecule has 0 aromatic carbocycles. The number of nitrogens with one attached hydrogen (secondary N) is 2. The molecule has 1 fully saturated rings. The van der Waals surface area contributed by atoms with Gasteiger partial charge in [-0.3, -0.25) is 9.78 Å². The quantitative estimate of drug-likeness (QED) is 0.726. The summed E-state index contributed by atoms with van der Waals surface area (Å²) in [6.45, 7) is 1.90. The molecule has 1 aliphatic rings. The Bertz CT molecular complexity index is 381. The number of nitrogens with zero attached hydrogens (tertiary/aromatic N) is 3. The molecule has 2 heterocycles. The number of hydrogen-bond donors (Lipinski definition) is 2. The maximum absolute atomic E-state index is 11.4. The summed E-state index contributed by atoms with van der Waals surface area (Å²) in [5.74, 6) is 1.49. The van der Waals surface area contributed by atoms with Crippen LogP contribution in [0.15, 0.2) is 12.4 Å². The van der Waals surface area contributed by atoms with E-state index in [4.69, 9.17) is 0 Å². The van der Waals surface area contributed by atoms with Crippen LogP contribution < -0.4 is 15.5 Å². The lowest BCUT2D eigenvalue weighted by Crippen LogP contribution is -2.33. The molecule has 0 radical (unpaired) electrons. The molecule has 86 valence electrons. The topological polar surface area (TPSA) is 70.2 Å². The van der Waals surface area contributed by atoms with Crippen molar-refractivity contribution in [2.45, 2.75) is 6.42 Å². The molecule has 2 N–H and O–H groups in total. The molecule has 0 aliphatic carbocycles. The number of hydrogen-bond acceptors (Lipinski definition) is 5. The molecule has 1 aromatic heterocycles. The zero-order chi connectivity index (χ0) is 11.4. The third kappa shape index (κ3) is 2.39. The van der Waals surface area contributed by atoms with Gasteiger partial charge in [-0.2, -0.15) is 0 Å². The van der Waals surface area contributed by atoms with E-state index in [2.05, 4.69) is 20.6 Å². The second-order valence-corrected chi connectivity index (χ2v) is 3.64. The molecule has 0 bridgehead atoms. The summed E-state index contributed by atoms with van der Waals surface area (Å²) in [4.78, 5) is 21.8. The Kier molecular flexibility index (Phi) is 3.19. The molecule has 0 atom stereocenters. The molecule has 0 spiro atoms. The normalized spacial score (nSPS) is 16.6. The van der Waals surface area contributed by atoms with E-state index in [1.165, 1.54) is 0 Å². The van der Waals surface area contributed by atoms with E-state index in [9.17, 15) is 4.79 Å². The van der Waals surface area contributed by atoms with E-state index in [1.807, 2.05) is 4.90 Å². The first-order valence-electron chi connectivity index (χ1n) is 5.31. The minimum atomic E-state index is 0.0363. The zero-order valence-electron chi connectivity index (χ0n) is 9.23. The fraction of sp³-hybridized carbons (Fsp3) is 0.500. The molecule has 0 saturated carbocycles. The van der Waals surface area contributed by atoms with E-state index in [1.54, 1.807) is 19.4 Å². The van der Waals surface area contributed by atoms with E-state index in [-0.39, 0.29) is 5.91 Å². The molecule has 0 unspecified atom stereocenters. The van der Waals surface area contributed by atoms with Crippen LogP contribution >= 0.6 is 0 Å². The summed E-state index contributed by atoms with van der Waals surface area (Å²) < 4.78 is 0. The summed E-state index contributed by atoms with van der Waals surface area (Å²) in [5, 5.41) is 5.76. The van der Waals surface area contributed by atoms with Crippen LogP contribution in [0.25, 0.3) is 0 Å². The van der Waals surface area contributed by atoms with Gasteiger partial charge in [-0.1, -0.05) is 0 Å². The minimum Gasteiger partial charge on any atom is -0.372 e. The average Bonchev–Trinajstić information content (AvgIpc) is 2.54. The summed E-state index contributed by atoms with van der Waals surface area (Å²) in [7, 11) is 1.79. The van der Waals surface area contributed by atoms with Crippen molar-refractivity contribution in [3.8, 4) is 0 Å². The molecule has 6 heteroatoms. The van der Waals surface area contributed by atoms with Gasteiger partial charge in [0.1, 0.15) is 11.6 Å². The third-order valence-electron chi connectivity index (χ3n) is 2.46. The molecule has 1 saturated heterocycles. The number of aromatic nitrogens is 2. The second-order valence-electron chi connectivity index (χ2n) is 3.64. The lowest BCUT2D eigenvalue weighted by atomic mass is 10.4. The highest BCUT2D eigenvalue weighted by atomic mass is 16.2. The first-order chi connectivity index (χ1) is 7.79. The van der Waals surface area contributed by atoms with Gasteiger partial charge in [-0.15, -0.1) is 0 Å². The van der Waals surface area contributed by atoms with Gasteiger partial charge in [-0.25, -0.2) is 4.98 Å². The van der Waals surface area contributed by atoms with Gasteiger partial charge in [0, 0.05) is 20.1 Å². The third-order valence-corrected chi connectivity index (χ3v) is 2.46. The lowest BCUT2D eigenvalue weighted by molar-refractivity contribution is -0.119. The van der Waals surface area contributed by atoms with Gasteiger partial charge in [0.15, 0.2) is 0 Å². The molecule has 1 amide bonds. The Morgan fingerprint density at radius 1 is 1.50 bits per heavy atom. The smallest absolute Gasteiger partial charge is 0.239 e. The lowest BCUT2D eigenvalue weighted by Gasteiger charge is -2.19. The predicted molar refractivity (Wildman–Crippen MR) is 61.4 cm³/mol. The van der Waals surface area contributed by atoms with Crippen LogP contribution in [0.5, 0.6) is 0 Å². The number of anilines is 2. The van der Waals surface area contributed by atoms with Gasteiger partial charge in [-0.05, 0) is 6.42 Å². The van der Waals surface area contributed by atoms with Gasteiger partial charge >= 0.3 is 0 Å². The highest BCUT2D eigenvalue weighted by molar-refractivity contribution is 5.81. The summed E-state index contributed by atoms with van der Waals surface area (Å²) >= 11 is 0. The van der Waals surface area contributed by atoms with Crippen LogP contribution in [-0.4, -0.2) is 42.6 Å². The van der Waals surface area contributed by atoms with Crippen molar-refractivity contribution in [2.24, 2.45) is 0 Å². The highest BCUT2D eigenvalue weighted by Gasteiger charge is 2.16. The Hall–Kier alpha value is -1.85. The Labute approximate surface area is 94.1 Å². The van der Waals surface area contributed by atoms with Crippen molar-refractivity contribution in [2.75, 3.05) is 36.9 Å². The van der Waals surface area contributed by atoms with Crippen molar-refractivity contribution in [1.82, 2.24) is 15.3 Å². The van der Waals surface area contributed by atoms with Gasteiger partial charge in [0.2, 0.25) is 5.91 Å². The largest absolute Gasteiger partial charge is 0.372 e. The van der Waals surface area contributed by atoms with Gasteiger partial charge in [0.25, 0.3) is 0 Å². The number of amides is 1. The van der Waals surface area contributed by atoms with Crippen LogP contribution in [0.2, 0.25) is 0 Å². The fourth-order valence-corrected chi connectivity index (χ4v) is 1.63. The highest BCUT2D eigenvalue weighted by Crippen LogP contribution is 2.13. The summed E-state index contributed by atoms with van der Waals surface area (Å²) in [5.41, 5.74) is 0. The zero-order valence-corrected chi connectivity index (χ0v) is 9.23. The van der Waals surface area contributed by atoms with Gasteiger partial charge in [0.05, 0.1) is 18.9 Å². The molecule has 6 nitrogen and oxygen atoms in total. The van der Waals surface area contributed by atoms with E-state index in [0.717, 1.165) is 25.3 Å². The monoisotopic (exact) mass is 221 g/mol. The van der Waals surface area contributed by atoms with Crippen molar-refractivity contribution in [3.05, 3.63) is 12.4 Å². The van der Waals surface area contributed by atoms with Crippen LogP contribution in [0.1, 0.15) is 6.42 Å². The molecular formula is C10H15N5O. The molecule has 16 heavy (non-hydrogen) atoms. The van der Waals surface area contributed by atoms with Crippen LogP contribution in [0, 0.1) is 0 Å². The first-order valence-corrected chi connectivity index (χ1v) is 5.31. The van der Waals surface area contributed by atoms with E-state index in [0.29, 0.717) is 12.4 Å². The van der Waals surface area contributed by atoms with Crippen molar-refractivity contribution in [1.29, 1.82) is 0 Å². The van der Waals surface area contributed by atoms with Crippen molar-refractivity contribution >= 4 is 17.5 Å². The van der Waals surface area contributed by atoms with Crippen LogP contribution in [-0.2, 0) is 4.79 Å². The Morgan fingerprint density at radius 2 is 2.38 bits per heavy atom. The molecule has 2 rings (SSSR count). The Morgan fingerprint density at radius 3 is 3.19 bits per heavy atom. The maximum Gasteiger partial charge on any atom is 0.239 e. The second kappa shape index (κ2) is 4.78. The van der Waals surface area contributed by atoms with Crippen LogP contribution in [0.3, 0.4) is 0 Å². The molecule has 1 aliphatic heterocycles. The summed E-state index contributed by atoms with van der Waals surface area (Å²) in [6.07, 6.45) is 4.26. The standard InChI is InChI=1S/C10H15N5O/c1-11-8-5-12-6-9(14-8)15-4-2-3-13-10(16)7-15/h5-6H,2-4,7H2,1H3,(H,11,14)(H,13,16). The van der Waals surface area contributed by atoms with E-state index < -0.39 is 0 Å². The fourth-order valence-electron chi connectivity index (χ4n) is 1.63. The molecular weight excluding hydrogens is 206 g/mol.